The van der Waals surface area contributed by atoms with Crippen LogP contribution in [0.2, 0.25) is 5.02 Å². The largest absolute Gasteiger partial charge is 0.491 e. The van der Waals surface area contributed by atoms with Gasteiger partial charge in [-0.2, -0.15) is 0 Å². The molecule has 5 nitrogen and oxygen atoms in total. The van der Waals surface area contributed by atoms with Gasteiger partial charge in [-0.25, -0.2) is 0 Å². The molecule has 1 aliphatic rings. The molecule has 1 heterocycles. The zero-order chi connectivity index (χ0) is 21.4. The van der Waals surface area contributed by atoms with E-state index in [4.69, 9.17) is 26.2 Å². The van der Waals surface area contributed by atoms with Crippen molar-refractivity contribution in [1.29, 1.82) is 0 Å². The molecule has 0 spiro atoms. The Morgan fingerprint density at radius 3 is 2.30 bits per heavy atom. The van der Waals surface area contributed by atoms with Crippen LogP contribution in [-0.2, 0) is 22.5 Å². The molecule has 1 fully saturated rings. The van der Waals surface area contributed by atoms with Crippen LogP contribution in [0.25, 0.3) is 0 Å². The molecule has 1 N–H and O–H groups in total. The number of piperidine rings is 1. The van der Waals surface area contributed by atoms with E-state index in [-0.39, 0.29) is 12.6 Å². The predicted octanol–water partition coefficient (Wildman–Crippen LogP) is 4.10. The zero-order valence-electron chi connectivity index (χ0n) is 17.5. The first-order valence-electron chi connectivity index (χ1n) is 10.5. The van der Waals surface area contributed by atoms with Gasteiger partial charge in [-0.3, -0.25) is 9.69 Å². The predicted molar refractivity (Wildman–Crippen MR) is 118 cm³/mol. The number of ether oxygens (including phenoxy) is 2. The number of hydrogen-bond acceptors (Lipinski definition) is 5. The summed E-state index contributed by atoms with van der Waals surface area (Å²) >= 11 is 6.01. The molecule has 6 heteroatoms. The second kappa shape index (κ2) is 10.8. The van der Waals surface area contributed by atoms with Gasteiger partial charge < -0.3 is 14.6 Å². The fraction of sp³-hybridized carbons (Fsp3) is 0.458. The van der Waals surface area contributed by atoms with Crippen LogP contribution in [0.5, 0.6) is 5.75 Å². The Morgan fingerprint density at radius 1 is 1.07 bits per heavy atom. The summed E-state index contributed by atoms with van der Waals surface area (Å²) in [6.45, 7) is 5.08. The van der Waals surface area contributed by atoms with Gasteiger partial charge in [-0.15, -0.1) is 0 Å². The fourth-order valence-electron chi connectivity index (χ4n) is 3.98. The van der Waals surface area contributed by atoms with Crippen molar-refractivity contribution in [3.05, 3.63) is 64.7 Å². The summed E-state index contributed by atoms with van der Waals surface area (Å²) in [5.41, 5.74) is 1.83. The van der Waals surface area contributed by atoms with Gasteiger partial charge in [0.05, 0.1) is 18.6 Å². The number of aliphatic hydroxyl groups excluding tert-OH is 1. The quantitative estimate of drug-likeness (QED) is 0.606. The summed E-state index contributed by atoms with van der Waals surface area (Å²) in [6.07, 6.45) is 2.21. The van der Waals surface area contributed by atoms with Crippen molar-refractivity contribution < 1.29 is 19.4 Å². The molecule has 2 aromatic rings. The monoisotopic (exact) mass is 431 g/mol. The van der Waals surface area contributed by atoms with Crippen molar-refractivity contribution >= 4 is 17.6 Å². The van der Waals surface area contributed by atoms with Gasteiger partial charge in [0.25, 0.3) is 0 Å². The molecule has 0 amide bonds. The molecular formula is C24H30ClNO4. The van der Waals surface area contributed by atoms with Crippen molar-refractivity contribution in [3.63, 3.8) is 0 Å². The Labute approximate surface area is 183 Å². The number of carbonyl (C=O) groups excluding carboxylic acids is 1. The normalized spacial score (nSPS) is 16.2. The minimum Gasteiger partial charge on any atom is -0.491 e. The van der Waals surface area contributed by atoms with Crippen LogP contribution in [0.4, 0.5) is 0 Å². The van der Waals surface area contributed by atoms with Crippen LogP contribution in [0, 0.1) is 5.41 Å². The molecule has 1 aliphatic heterocycles. The number of halogens is 1. The molecule has 30 heavy (non-hydrogen) atoms. The van der Waals surface area contributed by atoms with Gasteiger partial charge in [0.15, 0.2) is 0 Å². The van der Waals surface area contributed by atoms with Gasteiger partial charge in [0.2, 0.25) is 0 Å². The van der Waals surface area contributed by atoms with Crippen molar-refractivity contribution in [2.24, 2.45) is 5.41 Å². The maximum absolute atomic E-state index is 12.9. The minimum atomic E-state index is -0.484. The lowest BCUT2D eigenvalue weighted by Gasteiger charge is -2.40. The van der Waals surface area contributed by atoms with Gasteiger partial charge in [0, 0.05) is 11.6 Å². The van der Waals surface area contributed by atoms with E-state index in [1.165, 1.54) is 5.56 Å². The average Bonchev–Trinajstić information content (AvgIpc) is 2.76. The lowest BCUT2D eigenvalue weighted by molar-refractivity contribution is -0.158. The second-order valence-electron chi connectivity index (χ2n) is 7.80. The van der Waals surface area contributed by atoms with E-state index in [1.54, 1.807) is 0 Å². The Balaban J connectivity index is 1.62. The third-order valence-corrected chi connectivity index (χ3v) is 5.92. The maximum atomic E-state index is 12.9. The van der Waals surface area contributed by atoms with E-state index in [1.807, 2.05) is 55.5 Å². The Kier molecular flexibility index (Phi) is 8.14. The lowest BCUT2D eigenvalue weighted by Crippen LogP contribution is -2.46. The van der Waals surface area contributed by atoms with E-state index < -0.39 is 5.41 Å². The first-order chi connectivity index (χ1) is 14.5. The second-order valence-corrected chi connectivity index (χ2v) is 8.23. The SMILES string of the molecule is CCOC(=O)C1(Cc2ccc(Cl)cc2)CCN(Cc2ccc(OCCO)cc2)CC1. The van der Waals surface area contributed by atoms with E-state index in [0.29, 0.717) is 24.7 Å². The van der Waals surface area contributed by atoms with Gasteiger partial charge in [0.1, 0.15) is 12.4 Å². The van der Waals surface area contributed by atoms with Crippen molar-refractivity contribution in [2.45, 2.75) is 32.7 Å². The molecule has 0 aromatic heterocycles. The van der Waals surface area contributed by atoms with Crippen LogP contribution in [0.1, 0.15) is 30.9 Å². The molecule has 0 aliphatic carbocycles. The van der Waals surface area contributed by atoms with Crippen molar-refractivity contribution in [1.82, 2.24) is 4.90 Å². The molecule has 0 unspecified atom stereocenters. The number of nitrogens with zero attached hydrogens (tertiary/aromatic N) is 1. The summed E-state index contributed by atoms with van der Waals surface area (Å²) in [4.78, 5) is 15.3. The standard InChI is InChI=1S/C24H30ClNO4/c1-2-29-23(28)24(17-19-3-7-21(25)8-4-19)11-13-26(14-12-24)18-20-5-9-22(10-6-20)30-16-15-27/h3-10,27H,2,11-18H2,1H3. The lowest BCUT2D eigenvalue weighted by atomic mass is 9.73. The molecule has 0 bridgehead atoms. The number of benzene rings is 2. The van der Waals surface area contributed by atoms with Gasteiger partial charge in [-0.1, -0.05) is 35.9 Å². The molecule has 1 saturated heterocycles. The number of carbonyl (C=O) groups is 1. The number of rotatable bonds is 9. The molecular weight excluding hydrogens is 402 g/mol. The van der Waals surface area contributed by atoms with Gasteiger partial charge in [-0.05, 0) is 74.7 Å². The summed E-state index contributed by atoms with van der Waals surface area (Å²) in [7, 11) is 0. The van der Waals surface area contributed by atoms with Crippen LogP contribution in [0.3, 0.4) is 0 Å². The third-order valence-electron chi connectivity index (χ3n) is 5.67. The highest BCUT2D eigenvalue weighted by Crippen LogP contribution is 2.37. The minimum absolute atomic E-state index is 0.00770. The molecule has 162 valence electrons. The molecule has 0 saturated carbocycles. The Morgan fingerprint density at radius 2 is 1.70 bits per heavy atom. The summed E-state index contributed by atoms with van der Waals surface area (Å²) in [5, 5.41) is 9.55. The number of likely N-dealkylation sites (tertiary alicyclic amines) is 1. The number of esters is 1. The van der Waals surface area contributed by atoms with E-state index >= 15 is 0 Å². The van der Waals surface area contributed by atoms with E-state index in [0.717, 1.165) is 43.8 Å². The molecule has 0 atom stereocenters. The molecule has 0 radical (unpaired) electrons. The molecule has 3 rings (SSSR count). The summed E-state index contributed by atoms with van der Waals surface area (Å²) < 4.78 is 10.9. The van der Waals surface area contributed by atoms with Crippen LogP contribution in [0.15, 0.2) is 48.5 Å². The molecule has 2 aromatic carbocycles. The highest BCUT2D eigenvalue weighted by atomic mass is 35.5. The first-order valence-corrected chi connectivity index (χ1v) is 10.9. The number of hydrogen-bond donors (Lipinski definition) is 1. The smallest absolute Gasteiger partial charge is 0.312 e. The highest BCUT2D eigenvalue weighted by molar-refractivity contribution is 6.30. The first kappa shape index (κ1) is 22.6. The Bertz CT molecular complexity index is 799. The fourth-order valence-corrected chi connectivity index (χ4v) is 4.11. The third kappa shape index (κ3) is 5.97. The van der Waals surface area contributed by atoms with Crippen LogP contribution >= 0.6 is 11.6 Å². The summed E-state index contributed by atoms with van der Waals surface area (Å²) in [5.74, 6) is 0.667. The topological polar surface area (TPSA) is 59.0 Å². The zero-order valence-corrected chi connectivity index (χ0v) is 18.2. The Hall–Kier alpha value is -2.08. The van der Waals surface area contributed by atoms with Crippen molar-refractivity contribution in [3.8, 4) is 5.75 Å². The number of aliphatic hydroxyl groups is 1. The summed E-state index contributed by atoms with van der Waals surface area (Å²) in [6, 6.07) is 15.7. The van der Waals surface area contributed by atoms with Crippen LogP contribution in [-0.4, -0.2) is 48.9 Å². The highest BCUT2D eigenvalue weighted by Gasteiger charge is 2.42. The van der Waals surface area contributed by atoms with Crippen molar-refractivity contribution in [2.75, 3.05) is 32.9 Å². The van der Waals surface area contributed by atoms with Gasteiger partial charge >= 0.3 is 5.97 Å². The van der Waals surface area contributed by atoms with E-state index in [9.17, 15) is 4.79 Å². The average molecular weight is 432 g/mol. The van der Waals surface area contributed by atoms with E-state index in [2.05, 4.69) is 4.90 Å². The maximum Gasteiger partial charge on any atom is 0.312 e. The van der Waals surface area contributed by atoms with Crippen LogP contribution < -0.4 is 4.74 Å².